The van der Waals surface area contributed by atoms with Crippen molar-refractivity contribution in [3.63, 3.8) is 0 Å². The van der Waals surface area contributed by atoms with E-state index in [0.717, 1.165) is 83.3 Å². The van der Waals surface area contributed by atoms with E-state index in [-0.39, 0.29) is 17.4 Å². The predicted octanol–water partition coefficient (Wildman–Crippen LogP) is 10.0. The molecule has 0 radical (unpaired) electrons. The van der Waals surface area contributed by atoms with E-state index in [1.807, 2.05) is 72.1 Å². The molecule has 0 saturated carbocycles. The van der Waals surface area contributed by atoms with Crippen LogP contribution in [0.2, 0.25) is 0 Å². The van der Waals surface area contributed by atoms with Gasteiger partial charge in [0.2, 0.25) is 0 Å². The molecule has 2 fully saturated rings. The quantitative estimate of drug-likeness (QED) is 0.176. The smallest absolute Gasteiger partial charge is 0.250 e. The van der Waals surface area contributed by atoms with Crippen LogP contribution in [0.3, 0.4) is 0 Å². The summed E-state index contributed by atoms with van der Waals surface area (Å²) in [7, 11) is 5.92. The third-order valence-corrected chi connectivity index (χ3v) is 10.7. The highest BCUT2D eigenvalue weighted by atomic mass is 19.1. The zero-order valence-electron chi connectivity index (χ0n) is 34.2. The molecule has 0 atom stereocenters. The number of methoxy groups -OCH3 is 1. The van der Waals surface area contributed by atoms with Gasteiger partial charge in [-0.15, -0.1) is 0 Å². The van der Waals surface area contributed by atoms with Gasteiger partial charge in [0.1, 0.15) is 22.9 Å². The van der Waals surface area contributed by atoms with Gasteiger partial charge in [0.05, 0.1) is 7.11 Å². The molecule has 10 heteroatoms. The predicted molar refractivity (Wildman–Crippen MR) is 226 cm³/mol. The van der Waals surface area contributed by atoms with Crippen LogP contribution in [0, 0.1) is 5.82 Å². The number of halogens is 1. The van der Waals surface area contributed by atoms with Crippen molar-refractivity contribution in [1.29, 1.82) is 0 Å². The number of H-pyrrole nitrogens is 2. The molecule has 1 aromatic carbocycles. The van der Waals surface area contributed by atoms with Gasteiger partial charge in [0.25, 0.3) is 5.56 Å². The van der Waals surface area contributed by atoms with Gasteiger partial charge in [-0.25, -0.2) is 14.4 Å². The highest BCUT2D eigenvalue weighted by molar-refractivity contribution is 5.95. The van der Waals surface area contributed by atoms with Crippen LogP contribution >= 0.6 is 0 Å². The molecule has 8 rings (SSSR count). The molecular formula is C45H60FN7O2. The lowest BCUT2D eigenvalue weighted by Gasteiger charge is -2.28. The first-order chi connectivity index (χ1) is 26.7. The van der Waals surface area contributed by atoms with Gasteiger partial charge >= 0.3 is 0 Å². The number of benzene rings is 1. The molecule has 0 aliphatic carbocycles. The number of hydrogen-bond donors (Lipinski definition) is 2. The van der Waals surface area contributed by atoms with E-state index < -0.39 is 0 Å². The van der Waals surface area contributed by atoms with Crippen LogP contribution in [-0.4, -0.2) is 81.7 Å². The second-order valence-electron chi connectivity index (χ2n) is 14.4. The van der Waals surface area contributed by atoms with Crippen molar-refractivity contribution < 1.29 is 9.13 Å². The molecular weight excluding hydrogens is 690 g/mol. The molecule has 5 aromatic heterocycles. The highest BCUT2D eigenvalue weighted by Gasteiger charge is 2.23. The van der Waals surface area contributed by atoms with Gasteiger partial charge < -0.3 is 29.1 Å². The Morgan fingerprint density at radius 3 is 1.73 bits per heavy atom. The standard InChI is InChI=1S/C21H26N4O.C20H22FN3O.2C2H6/c1-14(2)25-13-16(4-5-20(25)26)17-6-9-22-21-18(17)12-19(23-21)15-7-10-24(3)11-8-15;1-24-9-6-13(7-10-24)18-12-17-15(5-8-22-20(17)23-18)16-4-3-14(21)11-19(16)25-2;2*1-2/h4-6,9,12-15H,7-8,10-11H2,1-3H3,(H,22,23);3-5,8,11-13H,6-7,9-10H2,1-2H3,(H,22,23);2*1-2H3. The Kier molecular flexibility index (Phi) is 14.4. The topological polar surface area (TPSA) is 95.1 Å². The summed E-state index contributed by atoms with van der Waals surface area (Å²) in [5.41, 5.74) is 8.43. The summed E-state index contributed by atoms with van der Waals surface area (Å²) in [5, 5.41) is 2.19. The number of aromatic amines is 2. The van der Waals surface area contributed by atoms with Crippen molar-refractivity contribution in [3.05, 3.63) is 101 Å². The maximum atomic E-state index is 13.5. The van der Waals surface area contributed by atoms with Crippen molar-refractivity contribution in [2.24, 2.45) is 0 Å². The van der Waals surface area contributed by atoms with Gasteiger partial charge in [-0.2, -0.15) is 0 Å². The first-order valence-electron chi connectivity index (χ1n) is 20.1. The number of fused-ring (bicyclic) bond motifs is 2. The Labute approximate surface area is 326 Å². The first-order valence-corrected chi connectivity index (χ1v) is 20.1. The van der Waals surface area contributed by atoms with Crippen molar-refractivity contribution in [1.82, 2.24) is 34.3 Å². The van der Waals surface area contributed by atoms with E-state index in [0.29, 0.717) is 17.6 Å². The van der Waals surface area contributed by atoms with Gasteiger partial charge in [0, 0.05) is 76.3 Å². The van der Waals surface area contributed by atoms with E-state index >= 15 is 0 Å². The molecule has 7 heterocycles. The van der Waals surface area contributed by atoms with E-state index in [2.05, 4.69) is 56.0 Å². The second-order valence-corrected chi connectivity index (χ2v) is 14.4. The van der Waals surface area contributed by atoms with Crippen LogP contribution in [0.15, 0.2) is 78.0 Å². The van der Waals surface area contributed by atoms with Crippen LogP contribution in [0.1, 0.15) is 96.5 Å². The van der Waals surface area contributed by atoms with Crippen molar-refractivity contribution in [2.45, 2.75) is 85.1 Å². The van der Waals surface area contributed by atoms with Gasteiger partial charge in [0.15, 0.2) is 0 Å². The number of nitrogens with one attached hydrogen (secondary N) is 2. The minimum Gasteiger partial charge on any atom is -0.496 e. The minimum atomic E-state index is -0.299. The number of rotatable bonds is 6. The zero-order chi connectivity index (χ0) is 39.6. The fourth-order valence-electron chi connectivity index (χ4n) is 7.61. The molecule has 9 nitrogen and oxygen atoms in total. The summed E-state index contributed by atoms with van der Waals surface area (Å²) in [6, 6.07) is 16.8. The normalized spacial score (nSPS) is 15.5. The molecule has 0 amide bonds. The van der Waals surface area contributed by atoms with Gasteiger partial charge in [-0.1, -0.05) is 27.7 Å². The molecule has 2 saturated heterocycles. The van der Waals surface area contributed by atoms with E-state index in [1.165, 1.54) is 36.4 Å². The monoisotopic (exact) mass is 749 g/mol. The average molecular weight is 750 g/mol. The number of aromatic nitrogens is 5. The second kappa shape index (κ2) is 19.2. The van der Waals surface area contributed by atoms with Gasteiger partial charge in [-0.3, -0.25) is 4.79 Å². The lowest BCUT2D eigenvalue weighted by atomic mass is 9.93. The van der Waals surface area contributed by atoms with Crippen LogP contribution < -0.4 is 10.3 Å². The van der Waals surface area contributed by atoms with Crippen LogP contribution in [-0.2, 0) is 0 Å². The number of nitrogens with zero attached hydrogens (tertiary/aromatic N) is 5. The molecule has 0 spiro atoms. The highest BCUT2D eigenvalue weighted by Crippen LogP contribution is 2.38. The summed E-state index contributed by atoms with van der Waals surface area (Å²) in [6.45, 7) is 16.6. The molecule has 2 aliphatic rings. The number of ether oxygens (including phenoxy) is 1. The first kappa shape index (κ1) is 41.4. The molecule has 294 valence electrons. The van der Waals surface area contributed by atoms with Crippen LogP contribution in [0.25, 0.3) is 44.3 Å². The Hall–Kier alpha value is -4.80. The maximum absolute atomic E-state index is 13.5. The third-order valence-electron chi connectivity index (χ3n) is 10.7. The molecule has 2 N–H and O–H groups in total. The SMILES string of the molecule is CC.CC.CC(C)n1cc(-c2ccnc3[nH]c(C4CCN(C)CC4)cc23)ccc1=O.COc1cc(F)ccc1-c1ccnc2[nH]c(C3CCN(C)CC3)cc12. The molecule has 55 heavy (non-hydrogen) atoms. The Balaban J connectivity index is 0.000000194. The summed E-state index contributed by atoms with van der Waals surface area (Å²) < 4.78 is 20.7. The summed E-state index contributed by atoms with van der Waals surface area (Å²) in [4.78, 5) is 32.9. The lowest BCUT2D eigenvalue weighted by Crippen LogP contribution is -2.29. The summed E-state index contributed by atoms with van der Waals surface area (Å²) in [5.74, 6) is 1.34. The summed E-state index contributed by atoms with van der Waals surface area (Å²) in [6.07, 6.45) is 10.3. The molecule has 0 unspecified atom stereocenters. The number of hydrogen-bond acceptors (Lipinski definition) is 6. The van der Waals surface area contributed by atoms with Crippen molar-refractivity contribution >= 4 is 22.1 Å². The Morgan fingerprint density at radius 1 is 0.709 bits per heavy atom. The Bertz CT molecular complexity index is 2190. The summed E-state index contributed by atoms with van der Waals surface area (Å²) >= 11 is 0. The van der Waals surface area contributed by atoms with Crippen LogP contribution in [0.4, 0.5) is 4.39 Å². The van der Waals surface area contributed by atoms with Crippen LogP contribution in [0.5, 0.6) is 5.75 Å². The number of pyridine rings is 3. The number of likely N-dealkylation sites (tertiary alicyclic amines) is 2. The van der Waals surface area contributed by atoms with E-state index in [9.17, 15) is 9.18 Å². The third kappa shape index (κ3) is 9.54. The van der Waals surface area contributed by atoms with Crippen molar-refractivity contribution in [3.8, 4) is 28.0 Å². The van der Waals surface area contributed by atoms with E-state index in [4.69, 9.17) is 4.74 Å². The lowest BCUT2D eigenvalue weighted by molar-refractivity contribution is 0.254. The maximum Gasteiger partial charge on any atom is 0.250 e. The average Bonchev–Trinajstić information content (AvgIpc) is 3.86. The Morgan fingerprint density at radius 2 is 1.22 bits per heavy atom. The molecule has 6 aromatic rings. The van der Waals surface area contributed by atoms with Gasteiger partial charge in [-0.05, 0) is 139 Å². The number of piperidine rings is 2. The fourth-order valence-corrected chi connectivity index (χ4v) is 7.61. The fraction of sp³-hybridized carbons (Fsp3) is 0.444. The largest absolute Gasteiger partial charge is 0.496 e. The minimum absolute atomic E-state index is 0.0372. The van der Waals surface area contributed by atoms with Crippen molar-refractivity contribution in [2.75, 3.05) is 47.4 Å². The van der Waals surface area contributed by atoms with E-state index in [1.54, 1.807) is 30.0 Å². The zero-order valence-corrected chi connectivity index (χ0v) is 34.2. The molecule has 0 bridgehead atoms. The molecule has 2 aliphatic heterocycles.